The minimum Gasteiger partial charge on any atom is -0.372 e. The van der Waals surface area contributed by atoms with Gasteiger partial charge in [-0.3, -0.25) is 4.79 Å². The Morgan fingerprint density at radius 1 is 1.35 bits per heavy atom. The van der Waals surface area contributed by atoms with Gasteiger partial charge in [0.15, 0.2) is 0 Å². The topological polar surface area (TPSA) is 50.8 Å². The van der Waals surface area contributed by atoms with Crippen molar-refractivity contribution in [3.8, 4) is 0 Å². The maximum absolute atomic E-state index is 11.8. The van der Waals surface area contributed by atoms with E-state index in [1.807, 2.05) is 4.90 Å². The third kappa shape index (κ3) is 3.32. The number of carbonyl (C=O) groups excluding carboxylic acids is 1. The monoisotopic (exact) mass is 282 g/mol. The number of hydrogen-bond donors (Lipinski definition) is 1. The molecule has 5 nitrogen and oxygen atoms in total. The van der Waals surface area contributed by atoms with E-state index in [1.54, 1.807) is 0 Å². The van der Waals surface area contributed by atoms with E-state index in [-0.39, 0.29) is 18.1 Å². The van der Waals surface area contributed by atoms with Crippen LogP contribution in [0.2, 0.25) is 0 Å². The van der Waals surface area contributed by atoms with Gasteiger partial charge in [-0.25, -0.2) is 0 Å². The van der Waals surface area contributed by atoms with Gasteiger partial charge in [0.25, 0.3) is 0 Å². The Kier molecular flexibility index (Phi) is 4.58. The highest BCUT2D eigenvalue weighted by atomic mass is 16.5. The fraction of sp³-hybridized carbons (Fsp3) is 0.933. The molecular weight excluding hydrogens is 256 g/mol. The number of hydrogen-bond acceptors (Lipinski definition) is 4. The summed E-state index contributed by atoms with van der Waals surface area (Å²) in [5.41, 5.74) is 0.119. The second-order valence-electron chi connectivity index (χ2n) is 6.42. The van der Waals surface area contributed by atoms with Crippen molar-refractivity contribution in [2.24, 2.45) is 5.92 Å². The van der Waals surface area contributed by atoms with Crippen molar-refractivity contribution in [2.45, 2.75) is 37.7 Å². The van der Waals surface area contributed by atoms with Crippen molar-refractivity contribution in [1.82, 2.24) is 10.2 Å². The van der Waals surface area contributed by atoms with Gasteiger partial charge in [-0.15, -0.1) is 0 Å². The number of nitrogens with one attached hydrogen (secondary N) is 1. The minimum atomic E-state index is 0.119. The highest BCUT2D eigenvalue weighted by Gasteiger charge is 2.42. The van der Waals surface area contributed by atoms with Gasteiger partial charge < -0.3 is 19.7 Å². The van der Waals surface area contributed by atoms with Gasteiger partial charge in [0.1, 0.15) is 6.61 Å². The standard InChI is InChI=1S/C15H26N2O3/c18-14(17-5-1-2-6-17)10-19-7-3-13-4-8-20-15(9-13)11-16-12-15/h13,16H,1-12H2/t13-/m1/s1. The molecule has 1 atom stereocenters. The zero-order chi connectivity index (χ0) is 13.8. The normalized spacial score (nSPS) is 28.6. The van der Waals surface area contributed by atoms with E-state index in [2.05, 4.69) is 5.32 Å². The lowest BCUT2D eigenvalue weighted by Crippen LogP contribution is -2.63. The first-order valence-corrected chi connectivity index (χ1v) is 7.98. The van der Waals surface area contributed by atoms with Crippen LogP contribution in [0.1, 0.15) is 32.1 Å². The van der Waals surface area contributed by atoms with Crippen LogP contribution in [0.25, 0.3) is 0 Å². The fourth-order valence-electron chi connectivity index (χ4n) is 3.49. The van der Waals surface area contributed by atoms with Crippen LogP contribution in [-0.4, -0.2) is 62.4 Å². The predicted molar refractivity (Wildman–Crippen MR) is 75.5 cm³/mol. The average molecular weight is 282 g/mol. The molecule has 3 saturated heterocycles. The summed E-state index contributed by atoms with van der Waals surface area (Å²) in [6.07, 6.45) is 5.61. The van der Waals surface area contributed by atoms with Gasteiger partial charge in [-0.1, -0.05) is 0 Å². The van der Waals surface area contributed by atoms with Crippen LogP contribution < -0.4 is 5.32 Å². The van der Waals surface area contributed by atoms with Crippen LogP contribution >= 0.6 is 0 Å². The van der Waals surface area contributed by atoms with Crippen LogP contribution in [0, 0.1) is 5.92 Å². The minimum absolute atomic E-state index is 0.119. The molecule has 3 heterocycles. The van der Waals surface area contributed by atoms with E-state index < -0.39 is 0 Å². The Hall–Kier alpha value is -0.650. The molecular formula is C15H26N2O3. The summed E-state index contributed by atoms with van der Waals surface area (Å²) in [5.74, 6) is 0.849. The summed E-state index contributed by atoms with van der Waals surface area (Å²) in [7, 11) is 0. The molecule has 3 aliphatic heterocycles. The van der Waals surface area contributed by atoms with Crippen molar-refractivity contribution in [2.75, 3.05) is 46.0 Å². The smallest absolute Gasteiger partial charge is 0.248 e. The van der Waals surface area contributed by atoms with Crippen LogP contribution in [0.15, 0.2) is 0 Å². The number of likely N-dealkylation sites (tertiary alicyclic amines) is 1. The molecule has 5 heteroatoms. The largest absolute Gasteiger partial charge is 0.372 e. The summed E-state index contributed by atoms with van der Waals surface area (Å²) < 4.78 is 11.5. The first-order chi connectivity index (χ1) is 9.77. The SMILES string of the molecule is O=C(COCC[C@@H]1CCOC2(CNC2)C1)N1CCCC1. The fourth-order valence-corrected chi connectivity index (χ4v) is 3.49. The molecule has 114 valence electrons. The maximum atomic E-state index is 11.8. The molecule has 0 unspecified atom stereocenters. The highest BCUT2D eigenvalue weighted by molar-refractivity contribution is 5.77. The summed E-state index contributed by atoms with van der Waals surface area (Å²) in [6.45, 7) is 5.66. The quantitative estimate of drug-likeness (QED) is 0.757. The van der Waals surface area contributed by atoms with Gasteiger partial charge in [-0.2, -0.15) is 0 Å². The molecule has 0 aromatic carbocycles. The molecule has 0 aliphatic carbocycles. The Morgan fingerprint density at radius 3 is 2.85 bits per heavy atom. The van der Waals surface area contributed by atoms with Crippen LogP contribution in [0.5, 0.6) is 0 Å². The second kappa shape index (κ2) is 6.41. The summed E-state index contributed by atoms with van der Waals surface area (Å²) in [6, 6.07) is 0. The van der Waals surface area contributed by atoms with E-state index in [4.69, 9.17) is 9.47 Å². The Morgan fingerprint density at radius 2 is 2.15 bits per heavy atom. The summed E-state index contributed by atoms with van der Waals surface area (Å²) in [4.78, 5) is 13.7. The first-order valence-electron chi connectivity index (χ1n) is 7.98. The number of amides is 1. The van der Waals surface area contributed by atoms with Gasteiger partial charge in [0, 0.05) is 39.4 Å². The van der Waals surface area contributed by atoms with Gasteiger partial charge in [0.2, 0.25) is 5.91 Å². The van der Waals surface area contributed by atoms with Crippen molar-refractivity contribution in [1.29, 1.82) is 0 Å². The number of rotatable bonds is 5. The van der Waals surface area contributed by atoms with Crippen molar-refractivity contribution < 1.29 is 14.3 Å². The third-order valence-electron chi connectivity index (χ3n) is 4.84. The van der Waals surface area contributed by atoms with Crippen molar-refractivity contribution in [3.63, 3.8) is 0 Å². The zero-order valence-electron chi connectivity index (χ0n) is 12.2. The summed E-state index contributed by atoms with van der Waals surface area (Å²) in [5, 5.41) is 3.30. The summed E-state index contributed by atoms with van der Waals surface area (Å²) >= 11 is 0. The molecule has 0 aromatic rings. The molecule has 3 rings (SSSR count). The van der Waals surface area contributed by atoms with E-state index in [0.717, 1.165) is 64.9 Å². The molecule has 0 bridgehead atoms. The number of nitrogens with zero attached hydrogens (tertiary/aromatic N) is 1. The zero-order valence-corrected chi connectivity index (χ0v) is 12.2. The lowest BCUT2D eigenvalue weighted by molar-refractivity contribution is -0.137. The van der Waals surface area contributed by atoms with Crippen LogP contribution in [0.4, 0.5) is 0 Å². The maximum Gasteiger partial charge on any atom is 0.248 e. The third-order valence-corrected chi connectivity index (χ3v) is 4.84. The molecule has 0 saturated carbocycles. The number of carbonyl (C=O) groups is 1. The molecule has 0 radical (unpaired) electrons. The molecule has 3 aliphatic rings. The lowest BCUT2D eigenvalue weighted by atomic mass is 9.80. The van der Waals surface area contributed by atoms with E-state index in [0.29, 0.717) is 12.5 Å². The second-order valence-corrected chi connectivity index (χ2v) is 6.42. The molecule has 1 amide bonds. The van der Waals surface area contributed by atoms with E-state index in [9.17, 15) is 4.79 Å². The Balaban J connectivity index is 1.30. The van der Waals surface area contributed by atoms with Crippen molar-refractivity contribution >= 4 is 5.91 Å². The van der Waals surface area contributed by atoms with Crippen molar-refractivity contribution in [3.05, 3.63) is 0 Å². The predicted octanol–water partition coefficient (Wildman–Crippen LogP) is 0.784. The van der Waals surface area contributed by atoms with Crippen LogP contribution in [-0.2, 0) is 14.3 Å². The first kappa shape index (κ1) is 14.3. The molecule has 0 aromatic heterocycles. The Labute approximate surface area is 121 Å². The van der Waals surface area contributed by atoms with Crippen LogP contribution in [0.3, 0.4) is 0 Å². The molecule has 20 heavy (non-hydrogen) atoms. The number of ether oxygens (including phenoxy) is 2. The molecule has 1 N–H and O–H groups in total. The van der Waals surface area contributed by atoms with Gasteiger partial charge in [-0.05, 0) is 38.0 Å². The van der Waals surface area contributed by atoms with E-state index in [1.165, 1.54) is 0 Å². The van der Waals surface area contributed by atoms with E-state index >= 15 is 0 Å². The van der Waals surface area contributed by atoms with Gasteiger partial charge >= 0.3 is 0 Å². The average Bonchev–Trinajstić information content (AvgIpc) is 2.96. The molecule has 1 spiro atoms. The van der Waals surface area contributed by atoms with Gasteiger partial charge in [0.05, 0.1) is 5.60 Å². The highest BCUT2D eigenvalue weighted by Crippen LogP contribution is 2.33. The Bertz CT molecular complexity index is 338. The molecule has 3 fully saturated rings. The lowest BCUT2D eigenvalue weighted by Gasteiger charge is -2.47.